The van der Waals surface area contributed by atoms with Crippen LogP contribution in [0.15, 0.2) is 48.5 Å². The van der Waals surface area contributed by atoms with Crippen LogP contribution in [0.3, 0.4) is 0 Å². The van der Waals surface area contributed by atoms with Crippen molar-refractivity contribution in [2.75, 3.05) is 0 Å². The Morgan fingerprint density at radius 1 is 0.424 bits per heavy atom. The summed E-state index contributed by atoms with van der Waals surface area (Å²) >= 11 is 0. The molecule has 4 N–H and O–H groups in total. The van der Waals surface area contributed by atoms with Crippen molar-refractivity contribution < 1.29 is 92.4 Å². The van der Waals surface area contributed by atoms with E-state index in [1.165, 1.54) is 48.5 Å². The number of aromatic carboxylic acids is 4. The standard InChI is InChI=1S/C24H12O8.K.H/c25-21(26)13-5-1-9-10-2-6-15(23(29)30)20-16(24(31)32)8-4-12(18(10)20)11-3-7-14(22(27)28)19(13)17(9)11;;/h1-8H,(H,25,26)(H,27,28)(H,29,30)(H,31,32);;/q;+1;-1. The van der Waals surface area contributed by atoms with Crippen molar-refractivity contribution in [3.05, 3.63) is 70.8 Å². The minimum Gasteiger partial charge on any atom is -1.00 e. The van der Waals surface area contributed by atoms with Crippen LogP contribution in [0.25, 0.3) is 43.1 Å². The van der Waals surface area contributed by atoms with E-state index in [0.717, 1.165) is 0 Å². The van der Waals surface area contributed by atoms with Crippen molar-refractivity contribution in [1.29, 1.82) is 0 Å². The first-order chi connectivity index (χ1) is 15.2. The Hall–Kier alpha value is -3.08. The number of benzene rings is 5. The van der Waals surface area contributed by atoms with Crippen LogP contribution in [0.5, 0.6) is 0 Å². The molecule has 0 aliphatic heterocycles. The summed E-state index contributed by atoms with van der Waals surface area (Å²) in [6, 6.07) is 11.4. The Labute approximate surface area is 228 Å². The van der Waals surface area contributed by atoms with Crippen LogP contribution in [0, 0.1) is 0 Å². The summed E-state index contributed by atoms with van der Waals surface area (Å²) in [5.74, 6) is -5.13. The first kappa shape index (κ1) is 23.1. The smallest absolute Gasteiger partial charge is 1.00 e. The van der Waals surface area contributed by atoms with Crippen LogP contribution in [0.2, 0.25) is 0 Å². The summed E-state index contributed by atoms with van der Waals surface area (Å²) in [5, 5.41) is 41.7. The van der Waals surface area contributed by atoms with Gasteiger partial charge < -0.3 is 21.9 Å². The Balaban J connectivity index is 0.00000162. The van der Waals surface area contributed by atoms with Crippen LogP contribution < -0.4 is 51.4 Å². The average molecular weight is 468 g/mol. The molecule has 0 saturated heterocycles. The van der Waals surface area contributed by atoms with Gasteiger partial charge in [0.2, 0.25) is 0 Å². The van der Waals surface area contributed by atoms with Crippen LogP contribution in [0.1, 0.15) is 42.9 Å². The van der Waals surface area contributed by atoms with E-state index in [2.05, 4.69) is 0 Å². The van der Waals surface area contributed by atoms with Crippen molar-refractivity contribution in [2.24, 2.45) is 0 Å². The molecule has 0 atom stereocenters. The maximum atomic E-state index is 11.9. The maximum absolute atomic E-state index is 11.9. The molecule has 0 spiro atoms. The fraction of sp³-hybridized carbons (Fsp3) is 0. The van der Waals surface area contributed by atoms with Crippen molar-refractivity contribution >= 4 is 67.0 Å². The third-order valence-electron chi connectivity index (χ3n) is 5.82. The van der Waals surface area contributed by atoms with Gasteiger partial charge in [-0.15, -0.1) is 0 Å². The predicted octanol–water partition coefficient (Wildman–Crippen LogP) is 1.65. The van der Waals surface area contributed by atoms with Gasteiger partial charge in [0, 0.05) is 10.8 Å². The van der Waals surface area contributed by atoms with E-state index < -0.39 is 23.9 Å². The Kier molecular flexibility index (Phi) is 5.63. The topological polar surface area (TPSA) is 149 Å². The molecule has 158 valence electrons. The largest absolute Gasteiger partial charge is 1.00 e. The first-order valence-corrected chi connectivity index (χ1v) is 9.35. The molecule has 5 aromatic rings. The fourth-order valence-corrected chi connectivity index (χ4v) is 4.60. The second-order valence-electron chi connectivity index (χ2n) is 7.36. The molecule has 33 heavy (non-hydrogen) atoms. The van der Waals surface area contributed by atoms with Gasteiger partial charge in [0.05, 0.1) is 22.3 Å². The van der Waals surface area contributed by atoms with Gasteiger partial charge in [-0.05, 0) is 56.6 Å². The van der Waals surface area contributed by atoms with E-state index in [9.17, 15) is 39.6 Å². The Morgan fingerprint density at radius 3 is 0.818 bits per heavy atom. The summed E-state index contributed by atoms with van der Waals surface area (Å²) in [6.45, 7) is 0. The zero-order valence-corrected chi connectivity index (χ0v) is 20.2. The summed E-state index contributed by atoms with van der Waals surface area (Å²) in [5.41, 5.74) is -0.696. The number of fused-ring (bicyclic) bond motifs is 2. The fourth-order valence-electron chi connectivity index (χ4n) is 4.60. The third kappa shape index (κ3) is 3.20. The molecule has 0 amide bonds. The minimum absolute atomic E-state index is 0. The van der Waals surface area contributed by atoms with Gasteiger partial charge in [-0.1, -0.05) is 24.3 Å². The number of carboxylic acids is 4. The molecule has 5 aromatic carbocycles. The molecule has 0 heterocycles. The number of carboxylic acid groups (broad SMARTS) is 4. The molecule has 0 unspecified atom stereocenters. The second-order valence-corrected chi connectivity index (χ2v) is 7.36. The molecule has 0 fully saturated rings. The van der Waals surface area contributed by atoms with E-state index in [0.29, 0.717) is 32.3 Å². The summed E-state index contributed by atoms with van der Waals surface area (Å²) in [4.78, 5) is 47.5. The molecule has 0 radical (unpaired) electrons. The van der Waals surface area contributed by atoms with Crippen LogP contribution >= 0.6 is 0 Å². The molecule has 0 aliphatic carbocycles. The van der Waals surface area contributed by atoms with Gasteiger partial charge in [0.1, 0.15) is 0 Å². The van der Waals surface area contributed by atoms with Crippen molar-refractivity contribution in [3.8, 4) is 0 Å². The van der Waals surface area contributed by atoms with Crippen LogP contribution in [-0.2, 0) is 0 Å². The number of hydrogen-bond acceptors (Lipinski definition) is 4. The molecule has 9 heteroatoms. The second kappa shape index (κ2) is 8.05. The van der Waals surface area contributed by atoms with E-state index in [-0.39, 0.29) is 85.8 Å². The van der Waals surface area contributed by atoms with E-state index >= 15 is 0 Å². The van der Waals surface area contributed by atoms with Crippen molar-refractivity contribution in [3.63, 3.8) is 0 Å². The summed E-state index contributed by atoms with van der Waals surface area (Å²) < 4.78 is 0. The van der Waals surface area contributed by atoms with Gasteiger partial charge >= 0.3 is 75.3 Å². The average Bonchev–Trinajstić information content (AvgIpc) is 2.75. The molecular formula is C24H13KO8. The van der Waals surface area contributed by atoms with Gasteiger partial charge in [0.25, 0.3) is 0 Å². The Bertz CT molecular complexity index is 1450. The van der Waals surface area contributed by atoms with E-state index in [1.807, 2.05) is 0 Å². The van der Waals surface area contributed by atoms with Gasteiger partial charge in [0.15, 0.2) is 0 Å². The normalized spacial score (nSPS) is 11.2. The monoisotopic (exact) mass is 468 g/mol. The molecular weight excluding hydrogens is 455 g/mol. The molecule has 0 aliphatic rings. The summed E-state index contributed by atoms with van der Waals surface area (Å²) in [7, 11) is 0. The van der Waals surface area contributed by atoms with Gasteiger partial charge in [-0.2, -0.15) is 0 Å². The maximum Gasteiger partial charge on any atom is 1.00 e. The Morgan fingerprint density at radius 2 is 0.636 bits per heavy atom. The zero-order valence-electron chi connectivity index (χ0n) is 18.0. The van der Waals surface area contributed by atoms with E-state index in [4.69, 9.17) is 0 Å². The van der Waals surface area contributed by atoms with Gasteiger partial charge in [-0.25, -0.2) is 19.2 Å². The molecule has 8 nitrogen and oxygen atoms in total. The molecule has 0 aromatic heterocycles. The van der Waals surface area contributed by atoms with Crippen LogP contribution in [0.4, 0.5) is 0 Å². The first-order valence-electron chi connectivity index (χ1n) is 9.35. The molecule has 0 bridgehead atoms. The van der Waals surface area contributed by atoms with Crippen molar-refractivity contribution in [1.82, 2.24) is 0 Å². The minimum atomic E-state index is -1.28. The third-order valence-corrected chi connectivity index (χ3v) is 5.82. The van der Waals surface area contributed by atoms with Crippen LogP contribution in [-0.4, -0.2) is 44.3 Å². The number of rotatable bonds is 4. The predicted molar refractivity (Wildman–Crippen MR) is 117 cm³/mol. The van der Waals surface area contributed by atoms with Crippen molar-refractivity contribution in [2.45, 2.75) is 0 Å². The summed E-state index contributed by atoms with van der Waals surface area (Å²) in [6.07, 6.45) is 0. The van der Waals surface area contributed by atoms with Gasteiger partial charge in [-0.3, -0.25) is 0 Å². The number of hydrogen-bond donors (Lipinski definition) is 4. The molecule has 5 rings (SSSR count). The number of carbonyl (C=O) groups is 4. The molecule has 0 saturated carbocycles. The zero-order chi connectivity index (χ0) is 22.9. The SMILES string of the molecule is O=C(O)c1ccc2c3ccc(C(=O)O)c4c(C(=O)O)ccc(c5ccc(C(=O)O)c1c25)c43.[H-].[K+]. The van der Waals surface area contributed by atoms with E-state index in [1.54, 1.807) is 0 Å². The quantitative estimate of drug-likeness (QED) is 0.177.